The molecule has 170 valence electrons. The summed E-state index contributed by atoms with van der Waals surface area (Å²) < 4.78 is 52.0. The van der Waals surface area contributed by atoms with Gasteiger partial charge in [0.1, 0.15) is 10.0 Å². The van der Waals surface area contributed by atoms with Gasteiger partial charge in [-0.25, -0.2) is 12.8 Å². The van der Waals surface area contributed by atoms with Crippen LogP contribution in [-0.4, -0.2) is 65.5 Å². The minimum Gasteiger partial charge on any atom is -0.367 e. The Balaban J connectivity index is 1.35. The van der Waals surface area contributed by atoms with E-state index >= 15 is 0 Å². The van der Waals surface area contributed by atoms with Crippen LogP contribution >= 0.6 is 11.3 Å². The lowest BCUT2D eigenvalue weighted by molar-refractivity contribution is -0.223. The van der Waals surface area contributed by atoms with Crippen molar-refractivity contribution in [1.29, 1.82) is 0 Å². The van der Waals surface area contributed by atoms with E-state index in [2.05, 4.69) is 9.80 Å². The third-order valence-electron chi connectivity index (χ3n) is 6.46. The number of benzene rings is 1. The predicted octanol–water partition coefficient (Wildman–Crippen LogP) is 3.48. The van der Waals surface area contributed by atoms with Gasteiger partial charge in [-0.15, -0.1) is 11.3 Å². The molecule has 0 spiro atoms. The third-order valence-corrected chi connectivity index (χ3v) is 10.2. The van der Waals surface area contributed by atoms with Crippen molar-refractivity contribution in [3.05, 3.63) is 47.1 Å². The maximum Gasteiger partial charge on any atom is 0.197 e. The highest BCUT2D eigenvalue weighted by Gasteiger charge is 2.49. The van der Waals surface area contributed by atoms with Crippen LogP contribution in [0.1, 0.15) is 24.8 Å². The number of hydrogen-bond donors (Lipinski definition) is 0. The first-order valence-corrected chi connectivity index (χ1v) is 13.0. The molecule has 3 heterocycles. The Bertz CT molecular complexity index is 998. The molecule has 2 aliphatic heterocycles. The van der Waals surface area contributed by atoms with E-state index in [-0.39, 0.29) is 5.82 Å². The number of hydrogen-bond acceptors (Lipinski definition) is 7. The van der Waals surface area contributed by atoms with Gasteiger partial charge in [0.15, 0.2) is 15.6 Å². The number of methoxy groups -OCH3 is 2. The van der Waals surface area contributed by atoms with Crippen molar-refractivity contribution in [1.82, 2.24) is 4.90 Å². The molecule has 0 saturated carbocycles. The molecule has 9 heteroatoms. The second-order valence-electron chi connectivity index (χ2n) is 8.08. The van der Waals surface area contributed by atoms with Crippen LogP contribution in [0.25, 0.3) is 0 Å². The first-order valence-electron chi connectivity index (χ1n) is 10.6. The summed E-state index contributed by atoms with van der Waals surface area (Å²) in [4.78, 5) is 4.39. The highest BCUT2D eigenvalue weighted by Crippen LogP contribution is 2.46. The quantitative estimate of drug-likeness (QED) is 0.580. The van der Waals surface area contributed by atoms with Gasteiger partial charge in [0.2, 0.25) is 0 Å². The average molecular weight is 469 g/mol. The number of piperazine rings is 1. The highest BCUT2D eigenvalue weighted by molar-refractivity contribution is 7.94. The van der Waals surface area contributed by atoms with Gasteiger partial charge in [-0.05, 0) is 43.0 Å². The van der Waals surface area contributed by atoms with Crippen LogP contribution in [0.15, 0.2) is 39.9 Å². The zero-order chi connectivity index (χ0) is 22.1. The Hall–Kier alpha value is -1.52. The Morgan fingerprint density at radius 2 is 1.84 bits per heavy atom. The molecular weight excluding hydrogens is 439 g/mol. The third kappa shape index (κ3) is 4.26. The van der Waals surface area contributed by atoms with Gasteiger partial charge < -0.3 is 14.4 Å². The second kappa shape index (κ2) is 9.15. The fourth-order valence-corrected chi connectivity index (χ4v) is 8.20. The molecule has 1 saturated heterocycles. The summed E-state index contributed by atoms with van der Waals surface area (Å²) in [6.45, 7) is 4.01. The van der Waals surface area contributed by atoms with E-state index in [4.69, 9.17) is 9.47 Å². The van der Waals surface area contributed by atoms with E-state index in [1.165, 1.54) is 17.4 Å². The SMILES string of the molecule is COC1(OC)CC(CCCN2CCN(c3ccccc3F)CC2)S(=O)(=O)c2sccc21. The summed E-state index contributed by atoms with van der Waals surface area (Å²) >= 11 is 1.24. The Morgan fingerprint density at radius 1 is 1.13 bits per heavy atom. The Labute approximate surface area is 187 Å². The van der Waals surface area contributed by atoms with Gasteiger partial charge in [0, 0.05) is 52.4 Å². The maximum absolute atomic E-state index is 14.0. The second-order valence-corrected chi connectivity index (χ2v) is 11.4. The summed E-state index contributed by atoms with van der Waals surface area (Å²) in [7, 11) is -0.264. The topological polar surface area (TPSA) is 59.1 Å². The maximum atomic E-state index is 14.0. The first kappa shape index (κ1) is 22.7. The van der Waals surface area contributed by atoms with Crippen LogP contribution in [-0.2, 0) is 25.1 Å². The summed E-state index contributed by atoms with van der Waals surface area (Å²) in [5.41, 5.74) is 1.26. The highest BCUT2D eigenvalue weighted by atomic mass is 32.2. The summed E-state index contributed by atoms with van der Waals surface area (Å²) in [5, 5.41) is 1.25. The van der Waals surface area contributed by atoms with Crippen molar-refractivity contribution < 1.29 is 22.3 Å². The molecule has 1 atom stereocenters. The van der Waals surface area contributed by atoms with E-state index in [0.717, 1.165) is 39.1 Å². The fraction of sp³-hybridized carbons (Fsp3) is 0.545. The van der Waals surface area contributed by atoms with Crippen molar-refractivity contribution in [2.45, 2.75) is 34.5 Å². The van der Waals surface area contributed by atoms with E-state index in [9.17, 15) is 12.8 Å². The smallest absolute Gasteiger partial charge is 0.197 e. The number of para-hydroxylation sites is 1. The van der Waals surface area contributed by atoms with Crippen LogP contribution in [0.5, 0.6) is 0 Å². The lowest BCUT2D eigenvalue weighted by Crippen LogP contribution is -2.47. The van der Waals surface area contributed by atoms with E-state index < -0.39 is 20.9 Å². The number of nitrogens with zero attached hydrogens (tertiary/aromatic N) is 2. The first-order chi connectivity index (χ1) is 14.9. The zero-order valence-electron chi connectivity index (χ0n) is 17.9. The summed E-state index contributed by atoms with van der Waals surface area (Å²) in [5.74, 6) is -1.19. The largest absolute Gasteiger partial charge is 0.367 e. The molecule has 0 N–H and O–H groups in total. The predicted molar refractivity (Wildman–Crippen MR) is 120 cm³/mol. The number of halogens is 1. The van der Waals surface area contributed by atoms with E-state index in [1.54, 1.807) is 31.7 Å². The minimum absolute atomic E-state index is 0.189. The molecule has 1 aromatic heterocycles. The van der Waals surface area contributed by atoms with Crippen LogP contribution in [0.2, 0.25) is 0 Å². The van der Waals surface area contributed by atoms with Crippen LogP contribution in [0, 0.1) is 5.82 Å². The lowest BCUT2D eigenvalue weighted by Gasteiger charge is -2.39. The molecule has 31 heavy (non-hydrogen) atoms. The minimum atomic E-state index is -3.39. The van der Waals surface area contributed by atoms with Crippen molar-refractivity contribution in [3.63, 3.8) is 0 Å². The molecule has 0 radical (unpaired) electrons. The standard InChI is InChI=1S/C22H29FN2O4S2/c1-28-22(29-2)16-17(31(26,27)21-18(22)9-15-30-21)6-5-10-24-11-13-25(14-12-24)20-8-4-3-7-19(20)23/h3-4,7-9,15,17H,5-6,10-14,16H2,1-2H3. The monoisotopic (exact) mass is 468 g/mol. The number of thiophene rings is 1. The van der Waals surface area contributed by atoms with Crippen molar-refractivity contribution in [2.75, 3.05) is 51.8 Å². The van der Waals surface area contributed by atoms with Gasteiger partial charge >= 0.3 is 0 Å². The normalized spacial score (nSPS) is 22.9. The van der Waals surface area contributed by atoms with E-state index in [1.807, 2.05) is 12.1 Å². The average Bonchev–Trinajstić information content (AvgIpc) is 3.29. The van der Waals surface area contributed by atoms with Gasteiger partial charge in [-0.2, -0.15) is 0 Å². The molecule has 2 aliphatic rings. The molecule has 6 nitrogen and oxygen atoms in total. The van der Waals surface area contributed by atoms with Gasteiger partial charge in [-0.1, -0.05) is 12.1 Å². The molecule has 1 unspecified atom stereocenters. The van der Waals surface area contributed by atoms with Gasteiger partial charge in [0.05, 0.1) is 10.9 Å². The van der Waals surface area contributed by atoms with Crippen molar-refractivity contribution in [3.8, 4) is 0 Å². The molecular formula is C22H29FN2O4S2. The number of ether oxygens (including phenoxy) is 2. The molecule has 4 rings (SSSR count). The van der Waals surface area contributed by atoms with Gasteiger partial charge in [-0.3, -0.25) is 4.90 Å². The summed E-state index contributed by atoms with van der Waals surface area (Å²) in [6.07, 6.45) is 1.63. The molecule has 0 bridgehead atoms. The number of rotatable bonds is 7. The lowest BCUT2D eigenvalue weighted by atomic mass is 10.00. The van der Waals surface area contributed by atoms with Crippen LogP contribution in [0.4, 0.5) is 10.1 Å². The molecule has 0 aliphatic carbocycles. The molecule has 1 aromatic carbocycles. The van der Waals surface area contributed by atoms with Crippen molar-refractivity contribution in [2.24, 2.45) is 0 Å². The van der Waals surface area contributed by atoms with Crippen LogP contribution in [0.3, 0.4) is 0 Å². The summed E-state index contributed by atoms with van der Waals surface area (Å²) in [6, 6.07) is 8.65. The number of sulfone groups is 1. The Morgan fingerprint density at radius 3 is 2.52 bits per heavy atom. The zero-order valence-corrected chi connectivity index (χ0v) is 19.6. The van der Waals surface area contributed by atoms with Crippen molar-refractivity contribution >= 4 is 26.9 Å². The number of anilines is 1. The molecule has 0 amide bonds. The van der Waals surface area contributed by atoms with Gasteiger partial charge in [0.25, 0.3) is 0 Å². The fourth-order valence-electron chi connectivity index (χ4n) is 4.66. The van der Waals surface area contributed by atoms with E-state index in [0.29, 0.717) is 28.3 Å². The molecule has 1 fully saturated rings. The Kier molecular flexibility index (Phi) is 6.69. The molecule has 2 aromatic rings. The van der Waals surface area contributed by atoms with Crippen LogP contribution < -0.4 is 4.90 Å². The number of fused-ring (bicyclic) bond motifs is 1.